The first-order valence-electron chi connectivity index (χ1n) is 5.27. The Labute approximate surface area is 84.8 Å². The molecule has 0 radical (unpaired) electrons. The molecular formula is C10H19NO3. The fourth-order valence-corrected chi connectivity index (χ4v) is 1.38. The van der Waals surface area contributed by atoms with Gasteiger partial charge in [-0.2, -0.15) is 0 Å². The maximum Gasteiger partial charge on any atom is 0.410 e. The number of amides is 1. The second kappa shape index (κ2) is 5.20. The summed E-state index contributed by atoms with van der Waals surface area (Å²) >= 11 is 0. The van der Waals surface area contributed by atoms with Gasteiger partial charge in [-0.1, -0.05) is 6.92 Å². The average Bonchev–Trinajstić information content (AvgIpc) is 2.18. The van der Waals surface area contributed by atoms with Crippen LogP contribution in [0.15, 0.2) is 0 Å². The highest BCUT2D eigenvalue weighted by atomic mass is 16.6. The lowest BCUT2D eigenvalue weighted by Crippen LogP contribution is -2.41. The number of ether oxygens (including phenoxy) is 1. The van der Waals surface area contributed by atoms with Crippen molar-refractivity contribution in [3.05, 3.63) is 0 Å². The van der Waals surface area contributed by atoms with Crippen LogP contribution in [0.4, 0.5) is 4.79 Å². The van der Waals surface area contributed by atoms with Gasteiger partial charge in [0.25, 0.3) is 0 Å². The van der Waals surface area contributed by atoms with E-state index in [1.165, 1.54) is 0 Å². The van der Waals surface area contributed by atoms with Crippen molar-refractivity contribution in [1.29, 1.82) is 0 Å². The normalized spacial score (nSPS) is 20.6. The van der Waals surface area contributed by atoms with Crippen LogP contribution in [0.25, 0.3) is 0 Å². The fourth-order valence-electron chi connectivity index (χ4n) is 1.38. The van der Waals surface area contributed by atoms with Crippen molar-refractivity contribution in [2.24, 2.45) is 0 Å². The minimum atomic E-state index is -0.248. The average molecular weight is 201 g/mol. The van der Waals surface area contributed by atoms with E-state index in [1.54, 1.807) is 4.90 Å². The minimum absolute atomic E-state index is 0.0191. The second-order valence-electron chi connectivity index (χ2n) is 3.82. The Morgan fingerprint density at radius 3 is 2.64 bits per heavy atom. The number of rotatable bonds is 2. The SMILES string of the molecule is CC[C@H](C)OC(=O)N1CCC(O)CC1. The van der Waals surface area contributed by atoms with E-state index in [-0.39, 0.29) is 18.3 Å². The molecule has 1 aliphatic heterocycles. The van der Waals surface area contributed by atoms with Gasteiger partial charge in [-0.25, -0.2) is 4.79 Å². The van der Waals surface area contributed by atoms with Gasteiger partial charge in [-0.15, -0.1) is 0 Å². The zero-order valence-electron chi connectivity index (χ0n) is 8.90. The summed E-state index contributed by atoms with van der Waals surface area (Å²) in [6.07, 6.45) is 1.65. The summed E-state index contributed by atoms with van der Waals surface area (Å²) in [6, 6.07) is 0. The molecule has 14 heavy (non-hydrogen) atoms. The van der Waals surface area contributed by atoms with Crippen LogP contribution >= 0.6 is 0 Å². The van der Waals surface area contributed by atoms with Gasteiger partial charge in [-0.3, -0.25) is 0 Å². The number of aliphatic hydroxyl groups excluding tert-OH is 1. The van der Waals surface area contributed by atoms with Gasteiger partial charge in [0.1, 0.15) is 6.10 Å². The molecule has 0 aromatic carbocycles. The highest BCUT2D eigenvalue weighted by Crippen LogP contribution is 2.12. The number of hydrogen-bond acceptors (Lipinski definition) is 3. The van der Waals surface area contributed by atoms with Gasteiger partial charge in [0.2, 0.25) is 0 Å². The molecule has 1 N–H and O–H groups in total. The molecule has 1 fully saturated rings. The fraction of sp³-hybridized carbons (Fsp3) is 0.900. The molecule has 0 aromatic rings. The molecule has 1 heterocycles. The second-order valence-corrected chi connectivity index (χ2v) is 3.82. The van der Waals surface area contributed by atoms with Gasteiger partial charge >= 0.3 is 6.09 Å². The molecule has 4 heteroatoms. The first-order valence-corrected chi connectivity index (χ1v) is 5.27. The summed E-state index contributed by atoms with van der Waals surface area (Å²) in [5.74, 6) is 0. The third-order valence-corrected chi connectivity index (χ3v) is 2.60. The quantitative estimate of drug-likeness (QED) is 0.734. The predicted molar refractivity (Wildman–Crippen MR) is 53.0 cm³/mol. The van der Waals surface area contributed by atoms with Crippen LogP contribution in [-0.2, 0) is 4.74 Å². The number of hydrogen-bond donors (Lipinski definition) is 1. The van der Waals surface area contributed by atoms with Crippen LogP contribution in [0, 0.1) is 0 Å². The van der Waals surface area contributed by atoms with E-state index in [0.717, 1.165) is 6.42 Å². The van der Waals surface area contributed by atoms with Gasteiger partial charge in [-0.05, 0) is 26.2 Å². The number of nitrogens with zero attached hydrogens (tertiary/aromatic N) is 1. The third kappa shape index (κ3) is 3.18. The van der Waals surface area contributed by atoms with E-state index in [4.69, 9.17) is 4.74 Å². The first kappa shape index (κ1) is 11.3. The van der Waals surface area contributed by atoms with Crippen LogP contribution in [0.5, 0.6) is 0 Å². The van der Waals surface area contributed by atoms with Crippen molar-refractivity contribution < 1.29 is 14.6 Å². The highest BCUT2D eigenvalue weighted by Gasteiger charge is 2.23. The van der Waals surface area contributed by atoms with E-state index in [2.05, 4.69) is 0 Å². The third-order valence-electron chi connectivity index (χ3n) is 2.60. The summed E-state index contributed by atoms with van der Waals surface area (Å²) < 4.78 is 5.18. The summed E-state index contributed by atoms with van der Waals surface area (Å²) in [5.41, 5.74) is 0. The summed E-state index contributed by atoms with van der Waals surface area (Å²) in [5, 5.41) is 9.26. The standard InChI is InChI=1S/C10H19NO3/c1-3-8(2)14-10(13)11-6-4-9(12)5-7-11/h8-9,12H,3-7H2,1-2H3/t8-/m0/s1. The number of piperidine rings is 1. The lowest BCUT2D eigenvalue weighted by Gasteiger charge is -2.29. The van der Waals surface area contributed by atoms with E-state index < -0.39 is 0 Å². The van der Waals surface area contributed by atoms with Gasteiger partial charge in [0.15, 0.2) is 0 Å². The molecule has 1 rings (SSSR count). The van der Waals surface area contributed by atoms with Crippen LogP contribution in [0.3, 0.4) is 0 Å². The van der Waals surface area contributed by atoms with Crippen LogP contribution < -0.4 is 0 Å². The maximum absolute atomic E-state index is 11.5. The Kier molecular flexibility index (Phi) is 4.20. The van der Waals surface area contributed by atoms with Crippen molar-refractivity contribution in [1.82, 2.24) is 4.90 Å². The molecule has 1 saturated heterocycles. The van der Waals surface area contributed by atoms with Crippen LogP contribution in [0.2, 0.25) is 0 Å². The molecule has 4 nitrogen and oxygen atoms in total. The molecule has 0 aliphatic carbocycles. The molecular weight excluding hydrogens is 182 g/mol. The summed E-state index contributed by atoms with van der Waals surface area (Å²) in [7, 11) is 0. The van der Waals surface area contributed by atoms with Crippen molar-refractivity contribution >= 4 is 6.09 Å². The smallest absolute Gasteiger partial charge is 0.410 e. The Hall–Kier alpha value is -0.770. The zero-order valence-corrected chi connectivity index (χ0v) is 8.90. The molecule has 1 atom stereocenters. The summed E-state index contributed by atoms with van der Waals surface area (Å²) in [4.78, 5) is 13.2. The monoisotopic (exact) mass is 201 g/mol. The molecule has 1 aliphatic rings. The van der Waals surface area contributed by atoms with Crippen molar-refractivity contribution in [2.45, 2.75) is 45.3 Å². The summed E-state index contributed by atoms with van der Waals surface area (Å²) in [6.45, 7) is 5.08. The van der Waals surface area contributed by atoms with E-state index in [9.17, 15) is 9.90 Å². The minimum Gasteiger partial charge on any atom is -0.446 e. The largest absolute Gasteiger partial charge is 0.446 e. The first-order chi connectivity index (χ1) is 6.63. The van der Waals surface area contributed by atoms with Crippen molar-refractivity contribution in [2.75, 3.05) is 13.1 Å². The molecule has 0 bridgehead atoms. The van der Waals surface area contributed by atoms with E-state index >= 15 is 0 Å². The van der Waals surface area contributed by atoms with Crippen molar-refractivity contribution in [3.8, 4) is 0 Å². The molecule has 0 aromatic heterocycles. The Balaban J connectivity index is 2.30. The number of carbonyl (C=O) groups excluding carboxylic acids is 1. The molecule has 0 spiro atoms. The number of aliphatic hydroxyl groups is 1. The zero-order chi connectivity index (χ0) is 10.6. The number of likely N-dealkylation sites (tertiary alicyclic amines) is 1. The molecule has 0 saturated carbocycles. The molecule has 1 amide bonds. The molecule has 82 valence electrons. The Morgan fingerprint density at radius 1 is 1.57 bits per heavy atom. The maximum atomic E-state index is 11.5. The topological polar surface area (TPSA) is 49.8 Å². The van der Waals surface area contributed by atoms with Crippen LogP contribution in [0.1, 0.15) is 33.1 Å². The highest BCUT2D eigenvalue weighted by molar-refractivity contribution is 5.67. The van der Waals surface area contributed by atoms with Crippen molar-refractivity contribution in [3.63, 3.8) is 0 Å². The number of carbonyl (C=O) groups is 1. The van der Waals surface area contributed by atoms with E-state index in [0.29, 0.717) is 25.9 Å². The van der Waals surface area contributed by atoms with E-state index in [1.807, 2.05) is 13.8 Å². The Morgan fingerprint density at radius 2 is 2.14 bits per heavy atom. The van der Waals surface area contributed by atoms with Gasteiger partial charge < -0.3 is 14.7 Å². The Bertz CT molecular complexity index is 188. The lowest BCUT2D eigenvalue weighted by atomic mass is 10.1. The van der Waals surface area contributed by atoms with Gasteiger partial charge in [0, 0.05) is 13.1 Å². The lowest BCUT2D eigenvalue weighted by molar-refractivity contribution is 0.0407. The van der Waals surface area contributed by atoms with Crippen LogP contribution in [-0.4, -0.2) is 41.4 Å². The molecule has 0 unspecified atom stereocenters. The predicted octanol–water partition coefficient (Wildman–Crippen LogP) is 1.38. The van der Waals surface area contributed by atoms with Gasteiger partial charge in [0.05, 0.1) is 6.10 Å².